The molecule has 0 radical (unpaired) electrons. The van der Waals surface area contributed by atoms with Gasteiger partial charge in [-0.25, -0.2) is 0 Å². The van der Waals surface area contributed by atoms with Crippen LogP contribution in [0, 0.1) is 0 Å². The molecule has 3 nitrogen and oxygen atoms in total. The normalized spacial score (nSPS) is 11.4. The highest BCUT2D eigenvalue weighted by Crippen LogP contribution is 2.27. The first kappa shape index (κ1) is 15.7. The highest BCUT2D eigenvalue weighted by molar-refractivity contribution is 7.99. The van der Waals surface area contributed by atoms with Crippen molar-refractivity contribution in [1.29, 1.82) is 0 Å². The van der Waals surface area contributed by atoms with Gasteiger partial charge in [-0.05, 0) is 29.8 Å². The monoisotopic (exact) mass is 303 g/mol. The number of carbonyl (C=O) groups excluding carboxylic acids is 1. The van der Waals surface area contributed by atoms with Crippen LogP contribution in [0.3, 0.4) is 0 Å². The van der Waals surface area contributed by atoms with Crippen molar-refractivity contribution in [3.05, 3.63) is 59.5 Å². The lowest BCUT2D eigenvalue weighted by Crippen LogP contribution is -2.22. The fraction of sp³-hybridized carbons (Fsp3) is 0.353. The molecule has 21 heavy (non-hydrogen) atoms. The topological polar surface area (TPSA) is 42.2 Å². The van der Waals surface area contributed by atoms with E-state index in [-0.39, 0.29) is 10.7 Å². The van der Waals surface area contributed by atoms with Crippen LogP contribution in [0.2, 0.25) is 0 Å². The van der Waals surface area contributed by atoms with Crippen LogP contribution >= 0.6 is 11.8 Å². The average Bonchev–Trinajstić information content (AvgIpc) is 2.95. The molecule has 2 aromatic rings. The van der Waals surface area contributed by atoms with Crippen LogP contribution in [0.4, 0.5) is 0 Å². The van der Waals surface area contributed by atoms with Gasteiger partial charge in [0.25, 0.3) is 5.91 Å². The summed E-state index contributed by atoms with van der Waals surface area (Å²) in [5.74, 6) is 1.63. The first-order valence-electron chi connectivity index (χ1n) is 6.97. The molecule has 1 aromatic carbocycles. The number of hydrogen-bond acceptors (Lipinski definition) is 3. The number of nitrogens with one attached hydrogen (secondary N) is 1. The van der Waals surface area contributed by atoms with Crippen LogP contribution in [0.5, 0.6) is 0 Å². The first-order valence-corrected chi connectivity index (χ1v) is 7.96. The Labute approximate surface area is 130 Å². The highest BCUT2D eigenvalue weighted by atomic mass is 32.2. The second-order valence-electron chi connectivity index (χ2n) is 5.86. The summed E-state index contributed by atoms with van der Waals surface area (Å²) in [6.45, 7) is 7.02. The smallest absolute Gasteiger partial charge is 0.251 e. The molecule has 0 saturated heterocycles. The Morgan fingerprint density at radius 3 is 2.48 bits per heavy atom. The van der Waals surface area contributed by atoms with Gasteiger partial charge in [0.1, 0.15) is 5.76 Å². The number of benzene rings is 1. The van der Waals surface area contributed by atoms with Gasteiger partial charge in [-0.15, -0.1) is 0 Å². The molecule has 0 atom stereocenters. The van der Waals surface area contributed by atoms with E-state index in [4.69, 9.17) is 4.42 Å². The highest BCUT2D eigenvalue weighted by Gasteiger charge is 2.11. The third-order valence-electron chi connectivity index (χ3n) is 2.89. The number of carbonyl (C=O) groups is 1. The van der Waals surface area contributed by atoms with Crippen LogP contribution in [-0.4, -0.2) is 10.7 Å². The Morgan fingerprint density at radius 2 is 1.90 bits per heavy atom. The summed E-state index contributed by atoms with van der Waals surface area (Å²) < 4.78 is 5.43. The summed E-state index contributed by atoms with van der Waals surface area (Å²) in [4.78, 5) is 12.0. The molecule has 0 aliphatic heterocycles. The number of thioether (sulfide) groups is 1. The van der Waals surface area contributed by atoms with E-state index in [1.807, 2.05) is 48.2 Å². The summed E-state index contributed by atoms with van der Waals surface area (Å²) in [7, 11) is 0. The Hall–Kier alpha value is -1.68. The van der Waals surface area contributed by atoms with Gasteiger partial charge in [0.2, 0.25) is 0 Å². The van der Waals surface area contributed by atoms with Crippen molar-refractivity contribution in [3.63, 3.8) is 0 Å². The Balaban J connectivity index is 1.87. The molecule has 1 amide bonds. The van der Waals surface area contributed by atoms with E-state index >= 15 is 0 Å². The fourth-order valence-electron chi connectivity index (χ4n) is 1.73. The van der Waals surface area contributed by atoms with Crippen molar-refractivity contribution >= 4 is 17.7 Å². The Kier molecular flexibility index (Phi) is 5.12. The summed E-state index contributed by atoms with van der Waals surface area (Å²) >= 11 is 1.90. The van der Waals surface area contributed by atoms with Crippen LogP contribution in [0.15, 0.2) is 47.1 Å². The minimum Gasteiger partial charge on any atom is -0.467 e. The van der Waals surface area contributed by atoms with Crippen molar-refractivity contribution in [2.45, 2.75) is 37.8 Å². The molecule has 0 saturated carbocycles. The molecule has 0 bridgehead atoms. The number of amides is 1. The Bertz CT molecular complexity index is 568. The average molecular weight is 303 g/mol. The van der Waals surface area contributed by atoms with Crippen molar-refractivity contribution < 1.29 is 9.21 Å². The van der Waals surface area contributed by atoms with Crippen molar-refractivity contribution in [3.8, 4) is 0 Å². The van der Waals surface area contributed by atoms with Gasteiger partial charge < -0.3 is 9.73 Å². The summed E-state index contributed by atoms with van der Waals surface area (Å²) in [6, 6.07) is 11.4. The van der Waals surface area contributed by atoms with Gasteiger partial charge in [-0.2, -0.15) is 11.8 Å². The maximum atomic E-state index is 12.0. The second kappa shape index (κ2) is 6.85. The minimum absolute atomic E-state index is 0.0820. The van der Waals surface area contributed by atoms with Gasteiger partial charge in [0.15, 0.2) is 0 Å². The third-order valence-corrected chi connectivity index (χ3v) is 4.23. The summed E-state index contributed by atoms with van der Waals surface area (Å²) in [5.41, 5.74) is 1.91. The molecule has 0 aliphatic rings. The lowest BCUT2D eigenvalue weighted by molar-refractivity contribution is 0.0948. The van der Waals surface area contributed by atoms with Crippen LogP contribution < -0.4 is 5.32 Å². The quantitative estimate of drug-likeness (QED) is 0.898. The predicted octanol–water partition coefficient (Wildman–Crippen LogP) is 4.24. The van der Waals surface area contributed by atoms with Crippen LogP contribution in [0.25, 0.3) is 0 Å². The standard InChI is InChI=1S/C17H21NO2S/c1-17(2,3)21-12-13-6-8-14(9-7-13)16(19)18-11-15-5-4-10-20-15/h4-10H,11-12H2,1-3H3,(H,18,19). The zero-order valence-corrected chi connectivity index (χ0v) is 13.5. The molecular weight excluding hydrogens is 282 g/mol. The maximum absolute atomic E-state index is 12.0. The van der Waals surface area contributed by atoms with Crippen molar-refractivity contribution in [2.24, 2.45) is 0 Å². The lowest BCUT2D eigenvalue weighted by atomic mass is 10.1. The molecular formula is C17H21NO2S. The maximum Gasteiger partial charge on any atom is 0.251 e. The van der Waals surface area contributed by atoms with Gasteiger partial charge in [0, 0.05) is 16.1 Å². The molecule has 0 aliphatic carbocycles. The molecule has 112 valence electrons. The predicted molar refractivity (Wildman–Crippen MR) is 87.4 cm³/mol. The molecule has 0 spiro atoms. The molecule has 4 heteroatoms. The summed E-state index contributed by atoms with van der Waals surface area (Å²) in [6.07, 6.45) is 1.60. The molecule has 1 N–H and O–H groups in total. The van der Waals surface area contributed by atoms with E-state index < -0.39 is 0 Å². The number of rotatable bonds is 5. The van der Waals surface area contributed by atoms with E-state index in [0.29, 0.717) is 12.1 Å². The number of hydrogen-bond donors (Lipinski definition) is 1. The van der Waals surface area contributed by atoms with E-state index in [0.717, 1.165) is 11.5 Å². The zero-order chi connectivity index (χ0) is 15.3. The van der Waals surface area contributed by atoms with Crippen LogP contribution in [-0.2, 0) is 12.3 Å². The van der Waals surface area contributed by atoms with Gasteiger partial charge in [-0.1, -0.05) is 32.9 Å². The van der Waals surface area contributed by atoms with Crippen molar-refractivity contribution in [1.82, 2.24) is 5.32 Å². The minimum atomic E-state index is -0.0820. The Morgan fingerprint density at radius 1 is 1.19 bits per heavy atom. The molecule has 0 fully saturated rings. The number of furan rings is 1. The van der Waals surface area contributed by atoms with E-state index in [1.165, 1.54) is 5.56 Å². The summed E-state index contributed by atoms with van der Waals surface area (Å²) in [5, 5.41) is 2.84. The second-order valence-corrected chi connectivity index (χ2v) is 7.66. The third kappa shape index (κ3) is 5.31. The first-order chi connectivity index (χ1) is 9.94. The van der Waals surface area contributed by atoms with E-state index in [1.54, 1.807) is 6.26 Å². The largest absolute Gasteiger partial charge is 0.467 e. The molecule has 1 heterocycles. The van der Waals surface area contributed by atoms with Gasteiger partial charge >= 0.3 is 0 Å². The SMILES string of the molecule is CC(C)(C)SCc1ccc(C(=O)NCc2ccco2)cc1. The van der Waals surface area contributed by atoms with Gasteiger partial charge in [-0.3, -0.25) is 4.79 Å². The van der Waals surface area contributed by atoms with Crippen molar-refractivity contribution in [2.75, 3.05) is 0 Å². The van der Waals surface area contributed by atoms with Crippen LogP contribution in [0.1, 0.15) is 42.5 Å². The molecule has 0 unspecified atom stereocenters. The zero-order valence-electron chi connectivity index (χ0n) is 12.7. The lowest BCUT2D eigenvalue weighted by Gasteiger charge is -2.17. The molecule has 2 rings (SSSR count). The molecule has 1 aromatic heterocycles. The van der Waals surface area contributed by atoms with Gasteiger partial charge in [0.05, 0.1) is 12.8 Å². The van der Waals surface area contributed by atoms with E-state index in [2.05, 4.69) is 26.1 Å². The van der Waals surface area contributed by atoms with E-state index in [9.17, 15) is 4.79 Å². The fourth-order valence-corrected chi connectivity index (χ4v) is 2.53.